The highest BCUT2D eigenvalue weighted by molar-refractivity contribution is 6.30. The van der Waals surface area contributed by atoms with E-state index in [0.29, 0.717) is 5.56 Å². The van der Waals surface area contributed by atoms with Crippen molar-refractivity contribution < 1.29 is 23.3 Å². The summed E-state index contributed by atoms with van der Waals surface area (Å²) in [6, 6.07) is 7.26. The summed E-state index contributed by atoms with van der Waals surface area (Å²) in [7, 11) is 0. The van der Waals surface area contributed by atoms with Crippen LogP contribution in [0.25, 0.3) is 0 Å². The molecule has 0 saturated carbocycles. The van der Waals surface area contributed by atoms with Crippen molar-refractivity contribution in [1.82, 2.24) is 0 Å². The maximum absolute atomic E-state index is 13.6. The van der Waals surface area contributed by atoms with Gasteiger partial charge >= 0.3 is 0 Å². The molecule has 3 N–H and O–H groups in total. The third kappa shape index (κ3) is 4.71. The Morgan fingerprint density at radius 3 is 2.52 bits per heavy atom. The van der Waals surface area contributed by atoms with Gasteiger partial charge in [0.2, 0.25) is 0 Å². The highest BCUT2D eigenvalue weighted by Gasteiger charge is 2.15. The minimum atomic E-state index is -0.935. The van der Waals surface area contributed by atoms with Crippen molar-refractivity contribution in [3.63, 3.8) is 0 Å². The summed E-state index contributed by atoms with van der Waals surface area (Å²) in [5.41, 5.74) is 0.586. The third-order valence-electron chi connectivity index (χ3n) is 3.33. The number of quaternary nitrogens is 1. The molecule has 3 nitrogen and oxygen atoms in total. The quantitative estimate of drug-likeness (QED) is 0.861. The molecule has 2 rings (SSSR count). The fourth-order valence-electron chi connectivity index (χ4n) is 2.01. The number of rotatable bonds is 5. The number of nitrogens with one attached hydrogen (secondary N) is 1. The van der Waals surface area contributed by atoms with E-state index < -0.39 is 23.4 Å². The molecule has 0 radical (unpaired) electrons. The van der Waals surface area contributed by atoms with Crippen LogP contribution >= 0.6 is 11.6 Å². The third-order valence-corrected chi connectivity index (χ3v) is 3.57. The molecule has 0 bridgehead atoms. The van der Waals surface area contributed by atoms with Gasteiger partial charge in [0, 0.05) is 10.6 Å². The molecule has 0 heterocycles. The summed E-state index contributed by atoms with van der Waals surface area (Å²) in [6.45, 7) is 1.76. The normalized spacial score (nSPS) is 12.0. The Morgan fingerprint density at radius 1 is 1.13 bits per heavy atom. The first-order chi connectivity index (χ1) is 10.9. The zero-order valence-electron chi connectivity index (χ0n) is 12.2. The number of benzene rings is 2. The van der Waals surface area contributed by atoms with Gasteiger partial charge in [-0.3, -0.25) is 4.79 Å². The monoisotopic (exact) mass is 343 g/mol. The molecular weight excluding hydrogens is 329 g/mol. The van der Waals surface area contributed by atoms with Crippen molar-refractivity contribution >= 4 is 23.2 Å². The van der Waals surface area contributed by atoms with Crippen LogP contribution in [0.4, 0.5) is 18.9 Å². The van der Waals surface area contributed by atoms with E-state index in [4.69, 9.17) is 11.6 Å². The van der Waals surface area contributed by atoms with Crippen molar-refractivity contribution in [2.75, 3.05) is 11.9 Å². The lowest BCUT2D eigenvalue weighted by Gasteiger charge is -2.12. The zero-order chi connectivity index (χ0) is 17.0. The first-order valence-electron chi connectivity index (χ1n) is 6.90. The van der Waals surface area contributed by atoms with Gasteiger partial charge in [0.25, 0.3) is 5.91 Å². The Balaban J connectivity index is 1.91. The van der Waals surface area contributed by atoms with Crippen LogP contribution in [-0.4, -0.2) is 12.5 Å². The maximum atomic E-state index is 13.6. The zero-order valence-corrected chi connectivity index (χ0v) is 13.0. The predicted molar refractivity (Wildman–Crippen MR) is 81.6 cm³/mol. The Labute approximate surface area is 136 Å². The van der Waals surface area contributed by atoms with Crippen LogP contribution in [-0.2, 0) is 4.79 Å². The molecule has 0 unspecified atom stereocenters. The molecule has 2 aromatic carbocycles. The first-order valence-corrected chi connectivity index (χ1v) is 7.28. The van der Waals surface area contributed by atoms with Crippen molar-refractivity contribution in [3.8, 4) is 0 Å². The maximum Gasteiger partial charge on any atom is 0.279 e. The summed E-state index contributed by atoms with van der Waals surface area (Å²) in [5.74, 6) is -2.90. The average Bonchev–Trinajstić information content (AvgIpc) is 2.50. The molecular formula is C16H15ClF3N2O+. The Bertz CT molecular complexity index is 724. The van der Waals surface area contributed by atoms with Crippen LogP contribution < -0.4 is 10.6 Å². The summed E-state index contributed by atoms with van der Waals surface area (Å²) >= 11 is 5.63. The van der Waals surface area contributed by atoms with Crippen LogP contribution in [0.3, 0.4) is 0 Å². The van der Waals surface area contributed by atoms with E-state index in [1.165, 1.54) is 18.2 Å². The van der Waals surface area contributed by atoms with Crippen molar-refractivity contribution in [2.45, 2.75) is 13.0 Å². The molecule has 0 fully saturated rings. The molecule has 0 aliphatic carbocycles. The summed E-state index contributed by atoms with van der Waals surface area (Å²) < 4.78 is 39.6. The number of hydrogen-bond donors (Lipinski definition) is 2. The number of carbonyl (C=O) groups is 1. The fraction of sp³-hybridized carbons (Fsp3) is 0.188. The minimum Gasteiger partial charge on any atom is -0.333 e. The van der Waals surface area contributed by atoms with Gasteiger partial charge in [-0.1, -0.05) is 11.6 Å². The number of nitrogens with two attached hydrogens (primary N) is 1. The lowest BCUT2D eigenvalue weighted by Crippen LogP contribution is -2.86. The van der Waals surface area contributed by atoms with Gasteiger partial charge in [0.1, 0.15) is 11.9 Å². The number of amides is 1. The Kier molecular flexibility index (Phi) is 5.63. The molecule has 0 aromatic heterocycles. The van der Waals surface area contributed by atoms with Gasteiger partial charge in [-0.2, -0.15) is 0 Å². The van der Waals surface area contributed by atoms with Gasteiger partial charge in [-0.15, -0.1) is 0 Å². The van der Waals surface area contributed by atoms with Gasteiger partial charge in [0.05, 0.1) is 5.69 Å². The lowest BCUT2D eigenvalue weighted by molar-refractivity contribution is -0.682. The molecule has 2 aromatic rings. The largest absolute Gasteiger partial charge is 0.333 e. The smallest absolute Gasteiger partial charge is 0.279 e. The Morgan fingerprint density at radius 2 is 1.87 bits per heavy atom. The van der Waals surface area contributed by atoms with E-state index in [9.17, 15) is 18.0 Å². The molecule has 0 aliphatic rings. The number of hydrogen-bond acceptors (Lipinski definition) is 1. The molecule has 7 heteroatoms. The topological polar surface area (TPSA) is 45.7 Å². The van der Waals surface area contributed by atoms with Crippen molar-refractivity contribution in [3.05, 3.63) is 64.4 Å². The highest BCUT2D eigenvalue weighted by Crippen LogP contribution is 2.18. The van der Waals surface area contributed by atoms with E-state index in [0.717, 1.165) is 18.2 Å². The van der Waals surface area contributed by atoms with Gasteiger partial charge < -0.3 is 10.6 Å². The molecule has 0 saturated heterocycles. The lowest BCUT2D eigenvalue weighted by atomic mass is 10.1. The van der Waals surface area contributed by atoms with Gasteiger partial charge in [-0.25, -0.2) is 13.2 Å². The summed E-state index contributed by atoms with van der Waals surface area (Å²) in [5, 5.41) is 4.30. The molecule has 0 spiro atoms. The van der Waals surface area contributed by atoms with Crippen LogP contribution in [0.1, 0.15) is 18.5 Å². The first kappa shape index (κ1) is 17.3. The SMILES string of the molecule is C[C@@H]([NH2+]CC(=O)Nc1ccc(Cl)cc1F)c1ccc(F)c(F)c1. The molecule has 1 amide bonds. The van der Waals surface area contributed by atoms with Crippen LogP contribution in [0.5, 0.6) is 0 Å². The summed E-state index contributed by atoms with van der Waals surface area (Å²) in [4.78, 5) is 11.8. The van der Waals surface area contributed by atoms with Crippen molar-refractivity contribution in [1.29, 1.82) is 0 Å². The average molecular weight is 344 g/mol. The number of carbonyl (C=O) groups excluding carboxylic acids is 1. The van der Waals surface area contributed by atoms with Crippen LogP contribution in [0.2, 0.25) is 5.02 Å². The van der Waals surface area contributed by atoms with E-state index in [1.54, 1.807) is 12.2 Å². The second-order valence-corrected chi connectivity index (χ2v) is 5.51. The van der Waals surface area contributed by atoms with E-state index in [1.807, 2.05) is 0 Å². The summed E-state index contributed by atoms with van der Waals surface area (Å²) in [6.07, 6.45) is 0. The Hall–Kier alpha value is -2.05. The van der Waals surface area contributed by atoms with Crippen molar-refractivity contribution in [2.24, 2.45) is 0 Å². The van der Waals surface area contributed by atoms with E-state index in [2.05, 4.69) is 5.32 Å². The van der Waals surface area contributed by atoms with E-state index in [-0.39, 0.29) is 23.3 Å². The number of halogens is 4. The second kappa shape index (κ2) is 7.48. The predicted octanol–water partition coefficient (Wildman–Crippen LogP) is 3.02. The molecule has 122 valence electrons. The standard InChI is InChI=1S/C16H14ClF3N2O/c1-9(10-2-4-12(18)13(19)6-10)21-8-16(23)22-15-5-3-11(17)7-14(15)20/h2-7,9,21H,8H2,1H3,(H,22,23)/p+1/t9-/m1/s1. The molecule has 0 aliphatic heterocycles. The number of anilines is 1. The fourth-order valence-corrected chi connectivity index (χ4v) is 2.17. The molecule has 1 atom stereocenters. The molecule has 23 heavy (non-hydrogen) atoms. The van der Waals surface area contributed by atoms with Crippen LogP contribution in [0.15, 0.2) is 36.4 Å². The highest BCUT2D eigenvalue weighted by atomic mass is 35.5. The second-order valence-electron chi connectivity index (χ2n) is 5.07. The van der Waals surface area contributed by atoms with Gasteiger partial charge in [0.15, 0.2) is 18.2 Å². The van der Waals surface area contributed by atoms with Crippen LogP contribution in [0, 0.1) is 17.5 Å². The van der Waals surface area contributed by atoms with Gasteiger partial charge in [-0.05, 0) is 43.3 Å². The van der Waals surface area contributed by atoms with E-state index >= 15 is 0 Å². The minimum absolute atomic E-state index is 0.00221.